The van der Waals surface area contributed by atoms with E-state index >= 15 is 0 Å². The summed E-state index contributed by atoms with van der Waals surface area (Å²) >= 11 is 0. The van der Waals surface area contributed by atoms with Crippen LogP contribution in [0.4, 0.5) is 120 Å². The molecule has 0 fully saturated rings. The van der Waals surface area contributed by atoms with Crippen LogP contribution in [0.1, 0.15) is 67.1 Å². The predicted octanol–water partition coefficient (Wildman–Crippen LogP) is 34.2. The van der Waals surface area contributed by atoms with Gasteiger partial charge in [0.2, 0.25) is 0 Å². The summed E-state index contributed by atoms with van der Waals surface area (Å²) in [5.41, 5.74) is 36.6. The van der Waals surface area contributed by atoms with Crippen LogP contribution in [-0.2, 0) is 0 Å². The van der Waals surface area contributed by atoms with Crippen LogP contribution in [0.25, 0.3) is 11.1 Å². The highest BCUT2D eigenvalue weighted by Gasteiger charge is 2.30. The number of aryl methyl sites for hydroxylation is 8. The number of para-hydroxylation sites is 2. The number of fused-ring (bicyclic) bond motifs is 3. The number of aromatic nitrogens is 4. The molecule has 4 heterocycles. The van der Waals surface area contributed by atoms with Crippen molar-refractivity contribution in [3.63, 3.8) is 0 Å². The van der Waals surface area contributed by atoms with E-state index < -0.39 is 0 Å². The number of rotatable bonds is 22. The largest absolute Gasteiger partial charge is 0.311 e. The molecule has 0 unspecified atom stereocenters. The van der Waals surface area contributed by atoms with E-state index in [2.05, 4.69) is 510 Å². The molecule has 1 aliphatic rings. The van der Waals surface area contributed by atoms with Crippen LogP contribution in [0.5, 0.6) is 0 Å². The van der Waals surface area contributed by atoms with Crippen molar-refractivity contribution < 1.29 is 0 Å². The average Bonchev–Trinajstić information content (AvgIpc) is 1.60. The fraction of sp³-hybridized carbons (Fsp3) is 0.0720. The molecule has 11 nitrogen and oxygen atoms in total. The Balaban J connectivity index is 0.000000121. The van der Waals surface area contributed by atoms with E-state index in [4.69, 9.17) is 0 Å². The van der Waals surface area contributed by atoms with Gasteiger partial charge in [0.05, 0.1) is 11.9 Å². The van der Waals surface area contributed by atoms with Gasteiger partial charge in [0.1, 0.15) is 17.5 Å². The summed E-state index contributed by atoms with van der Waals surface area (Å²) in [7, 11) is 0. The molecule has 20 aromatic rings. The fourth-order valence-electron chi connectivity index (χ4n) is 17.3. The van der Waals surface area contributed by atoms with Crippen molar-refractivity contribution in [2.24, 2.45) is 0 Å². The minimum absolute atomic E-state index is 0.272. The zero-order chi connectivity index (χ0) is 93.1. The third-order valence-electron chi connectivity index (χ3n) is 24.3. The van der Waals surface area contributed by atoms with E-state index in [0.29, 0.717) is 0 Å². The van der Waals surface area contributed by atoms with Crippen LogP contribution < -0.4 is 34.3 Å². The molecule has 1 aliphatic carbocycles. The average molecular weight is 1760 g/mol. The summed E-state index contributed by atoms with van der Waals surface area (Å²) < 4.78 is 0. The third kappa shape index (κ3) is 21.0. The smallest absolute Gasteiger partial charge is 0.137 e. The highest BCUT2D eigenvalue weighted by Crippen LogP contribution is 2.50. The lowest BCUT2D eigenvalue weighted by Gasteiger charge is -2.28. The molecule has 662 valence electrons. The number of anilines is 21. The van der Waals surface area contributed by atoms with Gasteiger partial charge in [0.25, 0.3) is 0 Å². The summed E-state index contributed by atoms with van der Waals surface area (Å²) in [4.78, 5) is 33.8. The van der Waals surface area contributed by atoms with Crippen LogP contribution in [0.3, 0.4) is 0 Å². The molecule has 0 aliphatic heterocycles. The van der Waals surface area contributed by atoms with E-state index in [0.717, 1.165) is 108 Å². The molecule has 0 amide bonds. The molecule has 21 rings (SSSR count). The van der Waals surface area contributed by atoms with Gasteiger partial charge in [-0.1, -0.05) is 257 Å². The van der Waals surface area contributed by atoms with Crippen molar-refractivity contribution in [2.75, 3.05) is 34.3 Å². The highest BCUT2D eigenvalue weighted by atomic mass is 15.2. The molecule has 0 saturated heterocycles. The van der Waals surface area contributed by atoms with Crippen LogP contribution in [0.15, 0.2) is 498 Å². The van der Waals surface area contributed by atoms with Crippen molar-refractivity contribution in [1.82, 2.24) is 19.9 Å². The number of benzene rings is 16. The molecule has 16 aromatic carbocycles. The molecule has 0 N–H and O–H groups in total. The Morgan fingerprint density at radius 2 is 0.346 bits per heavy atom. The van der Waals surface area contributed by atoms with Crippen molar-refractivity contribution >= 4 is 120 Å². The second-order valence-electron chi connectivity index (χ2n) is 34.2. The Bertz CT molecular complexity index is 6450. The topological polar surface area (TPSA) is 74.2 Å². The normalized spacial score (nSPS) is 11.1. The van der Waals surface area contributed by atoms with Crippen molar-refractivity contribution in [1.29, 1.82) is 0 Å². The van der Waals surface area contributed by atoms with Crippen molar-refractivity contribution in [3.05, 3.63) is 559 Å². The first-order chi connectivity index (χ1) is 66.7. The second kappa shape index (κ2) is 42.3. The summed E-state index contributed by atoms with van der Waals surface area (Å²) in [5.74, 6) is 2.87. The first-order valence-corrected chi connectivity index (χ1v) is 46.2. The minimum Gasteiger partial charge on any atom is -0.311 e. The Morgan fingerprint density at radius 3 is 0.574 bits per heavy atom. The lowest BCUT2D eigenvalue weighted by Crippen LogP contribution is -2.13. The van der Waals surface area contributed by atoms with Gasteiger partial charge in [-0.15, -0.1) is 0 Å². The summed E-state index contributed by atoms with van der Waals surface area (Å²) in [6, 6.07) is 165. The molecule has 0 atom stereocenters. The Kier molecular flexibility index (Phi) is 27.8. The monoisotopic (exact) mass is 1760 g/mol. The number of hydrogen-bond donors (Lipinski definition) is 0. The summed E-state index contributed by atoms with van der Waals surface area (Å²) in [6.45, 7) is 16.9. The zero-order valence-electron chi connectivity index (χ0n) is 77.8. The van der Waals surface area contributed by atoms with Crippen molar-refractivity contribution in [2.45, 2.75) is 61.3 Å². The maximum absolute atomic E-state index is 4.62. The standard InChI is InChI=1S/C33H27N.C32H28N2.2C30H26N4/c1-23-11-17-26(18-12-23)34(27-19-13-24(2)14-20-27)28-21-15-25(16-22-28)33-31-9-5-3-7-29(31)30-8-4-6-10-32(30)33;1-25-13-17-29(18-14-25)33(27-9-5-3-6-10-27)31-21-23-32(24-22-31)34(28-11-7-4-8-12-28)30-19-15-26(2)16-20-30;1-23-9-13-25(14-10-23)33(29-7-3-5-21-31-29)27-17-19-28(20-18-27)34(30-8-4-6-22-32-30)26-15-11-24(2)12-16-26;1-23-8-12-25(13-9-23)33(26-14-10-24(2)11-15-26)27-16-18-28(19-17-27)34(29-6-5-20-31-22-29)30-7-3-4-21-32-30/h3-22,33H,1-2H3;3-24H,1-2H3;2*3-22H,1-2H3. The SMILES string of the molecule is Cc1ccc(N(c2ccc(C)cc2)c2ccc(C3c4ccccc4-c4ccccc43)cc2)cc1.Cc1ccc(N(c2ccc(C)cc2)c2ccc(N(c3cccnc3)c3ccccn3)cc2)cc1.Cc1ccc(N(c2ccc(N(c3ccc(C)cc3)c3ccccn3)cc2)c2ccccn2)cc1.Cc1ccc(N(c2ccccc2)c2ccc(N(c3ccccc3)c3ccc(C)cc3)cc2)cc1. The van der Waals surface area contributed by atoms with Crippen LogP contribution in [0, 0.1) is 55.4 Å². The quantitative estimate of drug-likeness (QED) is 0.0651. The van der Waals surface area contributed by atoms with Gasteiger partial charge in [0, 0.05) is 127 Å². The van der Waals surface area contributed by atoms with E-state index in [1.165, 1.54) is 83.7 Å². The summed E-state index contributed by atoms with van der Waals surface area (Å²) in [6.07, 6.45) is 9.09. The van der Waals surface area contributed by atoms with E-state index in [1.54, 1.807) is 6.20 Å². The maximum atomic E-state index is 4.62. The maximum Gasteiger partial charge on any atom is 0.137 e. The molecular weight excluding hydrogens is 1660 g/mol. The first-order valence-electron chi connectivity index (χ1n) is 46.2. The highest BCUT2D eigenvalue weighted by molar-refractivity contribution is 5.87. The molecule has 0 saturated carbocycles. The third-order valence-corrected chi connectivity index (χ3v) is 24.3. The zero-order valence-corrected chi connectivity index (χ0v) is 77.8. The van der Waals surface area contributed by atoms with Gasteiger partial charge >= 0.3 is 0 Å². The van der Waals surface area contributed by atoms with Gasteiger partial charge in [0.15, 0.2) is 0 Å². The molecule has 0 spiro atoms. The number of nitrogens with zero attached hydrogens (tertiary/aromatic N) is 11. The lowest BCUT2D eigenvalue weighted by molar-refractivity contribution is 1.01. The summed E-state index contributed by atoms with van der Waals surface area (Å²) in [5, 5.41) is 0. The number of pyridine rings is 4. The van der Waals surface area contributed by atoms with Gasteiger partial charge in [-0.05, 0) is 338 Å². The van der Waals surface area contributed by atoms with Crippen LogP contribution in [0.2, 0.25) is 0 Å². The van der Waals surface area contributed by atoms with Gasteiger partial charge in [-0.3, -0.25) is 19.7 Å². The second-order valence-corrected chi connectivity index (χ2v) is 34.2. The Labute approximate surface area is 800 Å². The molecule has 11 heteroatoms. The Hall–Kier alpha value is -17.3. The van der Waals surface area contributed by atoms with Crippen molar-refractivity contribution in [3.8, 4) is 11.1 Å². The van der Waals surface area contributed by atoms with E-state index in [1.807, 2.05) is 91.5 Å². The first kappa shape index (κ1) is 89.3. The predicted molar refractivity (Wildman–Crippen MR) is 570 cm³/mol. The van der Waals surface area contributed by atoms with Gasteiger partial charge in [-0.25, -0.2) is 15.0 Å². The molecular formula is C125H107N11. The molecule has 4 aromatic heterocycles. The van der Waals surface area contributed by atoms with Crippen LogP contribution in [-0.4, -0.2) is 19.9 Å². The lowest BCUT2D eigenvalue weighted by atomic mass is 9.89. The molecule has 0 bridgehead atoms. The Morgan fingerprint density at radius 1 is 0.154 bits per heavy atom. The van der Waals surface area contributed by atoms with Gasteiger partial charge in [-0.2, -0.15) is 0 Å². The molecule has 136 heavy (non-hydrogen) atoms. The molecule has 0 radical (unpaired) electrons. The van der Waals surface area contributed by atoms with E-state index in [9.17, 15) is 0 Å². The van der Waals surface area contributed by atoms with Crippen LogP contribution >= 0.6 is 0 Å². The van der Waals surface area contributed by atoms with E-state index in [-0.39, 0.29) is 5.92 Å². The fourth-order valence-corrected chi connectivity index (χ4v) is 17.3. The van der Waals surface area contributed by atoms with Gasteiger partial charge < -0.3 is 19.6 Å². The number of hydrogen-bond acceptors (Lipinski definition) is 11. The minimum atomic E-state index is 0.272.